The summed E-state index contributed by atoms with van der Waals surface area (Å²) in [7, 11) is 0. The minimum Gasteiger partial charge on any atom is -0.441 e. The molecule has 0 atom stereocenters. The summed E-state index contributed by atoms with van der Waals surface area (Å²) >= 11 is 1.62. The van der Waals surface area contributed by atoms with Crippen LogP contribution in [0.1, 0.15) is 27.7 Å². The molecule has 3 aromatic rings. The second-order valence-electron chi connectivity index (χ2n) is 6.03. The summed E-state index contributed by atoms with van der Waals surface area (Å²) in [6.45, 7) is 6.42. The maximum atomic E-state index is 12.1. The first-order chi connectivity index (χ1) is 12.0. The van der Waals surface area contributed by atoms with Crippen LogP contribution in [0.5, 0.6) is 0 Å². The quantitative estimate of drug-likeness (QED) is 0.733. The SMILES string of the molecule is Cc1cccc(-c2nc(CC(=O)NCCc3csc(C)n3)c(C)o2)c1. The van der Waals surface area contributed by atoms with Crippen molar-refractivity contribution in [1.82, 2.24) is 15.3 Å². The van der Waals surface area contributed by atoms with Crippen molar-refractivity contribution in [2.75, 3.05) is 6.54 Å². The normalized spacial score (nSPS) is 10.8. The molecule has 3 rings (SSSR count). The third-order valence-corrected chi connectivity index (χ3v) is 4.68. The smallest absolute Gasteiger partial charge is 0.226 e. The summed E-state index contributed by atoms with van der Waals surface area (Å²) in [6, 6.07) is 7.97. The average Bonchev–Trinajstić information content (AvgIpc) is 3.14. The molecule has 5 nitrogen and oxygen atoms in total. The van der Waals surface area contributed by atoms with Crippen LogP contribution in [0.25, 0.3) is 11.5 Å². The van der Waals surface area contributed by atoms with Crippen molar-refractivity contribution in [3.05, 3.63) is 57.4 Å². The third kappa shape index (κ3) is 4.54. The summed E-state index contributed by atoms with van der Waals surface area (Å²) in [5.41, 5.74) is 3.76. The molecule has 2 heterocycles. The van der Waals surface area contributed by atoms with Gasteiger partial charge in [-0.3, -0.25) is 4.79 Å². The van der Waals surface area contributed by atoms with Gasteiger partial charge in [-0.25, -0.2) is 9.97 Å². The van der Waals surface area contributed by atoms with Gasteiger partial charge in [-0.15, -0.1) is 11.3 Å². The first-order valence-electron chi connectivity index (χ1n) is 8.22. The lowest BCUT2D eigenvalue weighted by Gasteiger charge is -2.02. The van der Waals surface area contributed by atoms with E-state index in [-0.39, 0.29) is 12.3 Å². The van der Waals surface area contributed by atoms with Crippen LogP contribution in [0.3, 0.4) is 0 Å². The van der Waals surface area contributed by atoms with Crippen LogP contribution in [0.15, 0.2) is 34.1 Å². The molecule has 0 aliphatic rings. The van der Waals surface area contributed by atoms with Gasteiger partial charge in [0.25, 0.3) is 0 Å². The van der Waals surface area contributed by atoms with Gasteiger partial charge < -0.3 is 9.73 Å². The van der Waals surface area contributed by atoms with Gasteiger partial charge in [-0.1, -0.05) is 17.7 Å². The Morgan fingerprint density at radius 3 is 2.80 bits per heavy atom. The van der Waals surface area contributed by atoms with E-state index in [1.165, 1.54) is 0 Å². The van der Waals surface area contributed by atoms with Crippen molar-refractivity contribution < 1.29 is 9.21 Å². The lowest BCUT2D eigenvalue weighted by molar-refractivity contribution is -0.120. The van der Waals surface area contributed by atoms with Crippen molar-refractivity contribution in [3.63, 3.8) is 0 Å². The van der Waals surface area contributed by atoms with E-state index in [4.69, 9.17) is 4.42 Å². The number of aryl methyl sites for hydroxylation is 3. The Morgan fingerprint density at radius 1 is 1.24 bits per heavy atom. The number of hydrogen-bond acceptors (Lipinski definition) is 5. The van der Waals surface area contributed by atoms with Gasteiger partial charge in [-0.2, -0.15) is 0 Å². The number of benzene rings is 1. The number of aromatic nitrogens is 2. The number of hydrogen-bond donors (Lipinski definition) is 1. The largest absolute Gasteiger partial charge is 0.441 e. The standard InChI is InChI=1S/C19H21N3O2S/c1-12-5-4-6-15(9-12)19-22-17(13(2)24-19)10-18(23)20-8-7-16-11-25-14(3)21-16/h4-6,9,11H,7-8,10H2,1-3H3,(H,20,23). The monoisotopic (exact) mass is 355 g/mol. The highest BCUT2D eigenvalue weighted by molar-refractivity contribution is 7.09. The van der Waals surface area contributed by atoms with E-state index in [2.05, 4.69) is 15.3 Å². The van der Waals surface area contributed by atoms with Gasteiger partial charge in [0.1, 0.15) is 5.76 Å². The van der Waals surface area contributed by atoms with E-state index >= 15 is 0 Å². The molecule has 1 amide bonds. The molecule has 0 saturated carbocycles. The van der Waals surface area contributed by atoms with Crippen molar-refractivity contribution in [2.45, 2.75) is 33.6 Å². The number of amides is 1. The molecule has 0 fully saturated rings. The highest BCUT2D eigenvalue weighted by Gasteiger charge is 2.14. The molecule has 0 aliphatic carbocycles. The number of nitrogens with one attached hydrogen (secondary N) is 1. The lowest BCUT2D eigenvalue weighted by Crippen LogP contribution is -2.27. The fourth-order valence-electron chi connectivity index (χ4n) is 2.56. The first kappa shape index (κ1) is 17.4. The predicted octanol–water partition coefficient (Wildman–Crippen LogP) is 3.62. The minimum atomic E-state index is -0.0563. The van der Waals surface area contributed by atoms with Gasteiger partial charge in [0.2, 0.25) is 11.8 Å². The van der Waals surface area contributed by atoms with Gasteiger partial charge in [0.05, 0.1) is 22.8 Å². The maximum Gasteiger partial charge on any atom is 0.226 e. The van der Waals surface area contributed by atoms with E-state index in [0.29, 0.717) is 23.9 Å². The second-order valence-corrected chi connectivity index (χ2v) is 7.09. The molecule has 0 radical (unpaired) electrons. The highest BCUT2D eigenvalue weighted by Crippen LogP contribution is 2.22. The first-order valence-corrected chi connectivity index (χ1v) is 9.10. The second kappa shape index (κ2) is 7.61. The third-order valence-electron chi connectivity index (χ3n) is 3.86. The highest BCUT2D eigenvalue weighted by atomic mass is 32.1. The zero-order valence-corrected chi connectivity index (χ0v) is 15.4. The Labute approximate surface area is 151 Å². The number of rotatable bonds is 6. The van der Waals surface area contributed by atoms with Crippen LogP contribution in [-0.2, 0) is 17.6 Å². The van der Waals surface area contributed by atoms with E-state index < -0.39 is 0 Å². The molecule has 0 saturated heterocycles. The minimum absolute atomic E-state index is 0.0563. The van der Waals surface area contributed by atoms with Crippen LogP contribution in [0, 0.1) is 20.8 Å². The molecular weight excluding hydrogens is 334 g/mol. The predicted molar refractivity (Wildman–Crippen MR) is 98.7 cm³/mol. The molecule has 2 aromatic heterocycles. The van der Waals surface area contributed by atoms with E-state index in [1.54, 1.807) is 11.3 Å². The zero-order chi connectivity index (χ0) is 17.8. The summed E-state index contributed by atoms with van der Waals surface area (Å²) < 4.78 is 5.73. The molecule has 0 spiro atoms. The van der Waals surface area contributed by atoms with Crippen molar-refractivity contribution >= 4 is 17.2 Å². The fourth-order valence-corrected chi connectivity index (χ4v) is 3.21. The van der Waals surface area contributed by atoms with Crippen LogP contribution >= 0.6 is 11.3 Å². The molecule has 130 valence electrons. The molecule has 0 aliphatic heterocycles. The molecule has 1 aromatic carbocycles. The van der Waals surface area contributed by atoms with Crippen molar-refractivity contribution in [3.8, 4) is 11.5 Å². The fraction of sp³-hybridized carbons (Fsp3) is 0.316. The molecule has 0 bridgehead atoms. The van der Waals surface area contributed by atoms with Crippen LogP contribution in [-0.4, -0.2) is 22.4 Å². The van der Waals surface area contributed by atoms with Gasteiger partial charge in [0.15, 0.2) is 0 Å². The van der Waals surface area contributed by atoms with Crippen LogP contribution in [0.4, 0.5) is 0 Å². The molecule has 1 N–H and O–H groups in total. The number of oxazole rings is 1. The Morgan fingerprint density at radius 2 is 2.08 bits per heavy atom. The van der Waals surface area contributed by atoms with Gasteiger partial charge >= 0.3 is 0 Å². The Hall–Kier alpha value is -2.47. The zero-order valence-electron chi connectivity index (χ0n) is 14.6. The number of carbonyl (C=O) groups excluding carboxylic acids is 1. The molecule has 25 heavy (non-hydrogen) atoms. The summed E-state index contributed by atoms with van der Waals surface area (Å²) in [4.78, 5) is 21.0. The maximum absolute atomic E-state index is 12.1. The summed E-state index contributed by atoms with van der Waals surface area (Å²) in [6.07, 6.45) is 0.958. The molecule has 6 heteroatoms. The van der Waals surface area contributed by atoms with E-state index in [1.807, 2.05) is 50.4 Å². The molecule has 0 unspecified atom stereocenters. The van der Waals surface area contributed by atoms with Crippen molar-refractivity contribution in [2.24, 2.45) is 0 Å². The average molecular weight is 355 g/mol. The Kier molecular flexibility index (Phi) is 5.28. The molecular formula is C19H21N3O2S. The number of nitrogens with zero attached hydrogens (tertiary/aromatic N) is 2. The lowest BCUT2D eigenvalue weighted by atomic mass is 10.1. The van der Waals surface area contributed by atoms with E-state index in [0.717, 1.165) is 28.2 Å². The van der Waals surface area contributed by atoms with Gasteiger partial charge in [-0.05, 0) is 32.9 Å². The number of thiazole rings is 1. The van der Waals surface area contributed by atoms with E-state index in [9.17, 15) is 4.79 Å². The topological polar surface area (TPSA) is 68.0 Å². The van der Waals surface area contributed by atoms with Crippen LogP contribution in [0.2, 0.25) is 0 Å². The van der Waals surface area contributed by atoms with Crippen molar-refractivity contribution in [1.29, 1.82) is 0 Å². The number of carbonyl (C=O) groups is 1. The Balaban J connectivity index is 1.58. The van der Waals surface area contributed by atoms with Crippen LogP contribution < -0.4 is 5.32 Å². The van der Waals surface area contributed by atoms with Gasteiger partial charge in [0, 0.05) is 23.9 Å². The Bertz CT molecular complexity index is 882. The summed E-state index contributed by atoms with van der Waals surface area (Å²) in [5, 5.41) is 5.99. The summed E-state index contributed by atoms with van der Waals surface area (Å²) in [5.74, 6) is 1.18.